The fraction of sp³-hybridized carbons (Fsp3) is 0.0800. The van der Waals surface area contributed by atoms with E-state index in [2.05, 4.69) is 4.99 Å². The fourth-order valence-electron chi connectivity index (χ4n) is 3.40. The van der Waals surface area contributed by atoms with Crippen LogP contribution in [0.3, 0.4) is 0 Å². The lowest BCUT2D eigenvalue weighted by Gasteiger charge is -2.13. The Balaban J connectivity index is 1.85. The maximum absolute atomic E-state index is 13.0. The zero-order chi connectivity index (χ0) is 21.1. The Morgan fingerprint density at radius 1 is 0.967 bits per heavy atom. The summed E-state index contributed by atoms with van der Waals surface area (Å²) in [6.45, 7) is 1.75. The summed E-state index contributed by atoms with van der Waals surface area (Å²) in [4.78, 5) is 29.1. The molecule has 0 aliphatic rings. The second-order valence-corrected chi connectivity index (χ2v) is 7.02. The van der Waals surface area contributed by atoms with Gasteiger partial charge in [0.15, 0.2) is 5.78 Å². The molecule has 0 fully saturated rings. The highest BCUT2D eigenvalue weighted by Crippen LogP contribution is 2.25. The van der Waals surface area contributed by atoms with Crippen molar-refractivity contribution in [3.8, 4) is 5.88 Å². The number of Topliss-reactive ketones (excluding diaryl/α,β-unsaturated/α-hetero) is 1. The first-order valence-electron chi connectivity index (χ1n) is 9.58. The van der Waals surface area contributed by atoms with Crippen LogP contribution in [-0.4, -0.2) is 21.7 Å². The van der Waals surface area contributed by atoms with Gasteiger partial charge in [-0.15, -0.1) is 0 Å². The van der Waals surface area contributed by atoms with E-state index in [-0.39, 0.29) is 23.8 Å². The van der Waals surface area contributed by atoms with Crippen molar-refractivity contribution in [3.05, 3.63) is 106 Å². The average Bonchev–Trinajstić information content (AvgIpc) is 2.77. The Bertz CT molecular complexity index is 1320. The number of hydrogen-bond donors (Lipinski definition) is 1. The van der Waals surface area contributed by atoms with Crippen LogP contribution < -0.4 is 5.56 Å². The first-order valence-corrected chi connectivity index (χ1v) is 9.58. The number of aromatic hydroxyl groups is 1. The Kier molecular flexibility index (Phi) is 5.26. The highest BCUT2D eigenvalue weighted by molar-refractivity contribution is 6.02. The molecule has 0 spiro atoms. The number of pyridine rings is 1. The highest BCUT2D eigenvalue weighted by atomic mass is 16.3. The third-order valence-electron chi connectivity index (χ3n) is 4.97. The molecule has 30 heavy (non-hydrogen) atoms. The van der Waals surface area contributed by atoms with Crippen molar-refractivity contribution in [2.75, 3.05) is 0 Å². The summed E-state index contributed by atoms with van der Waals surface area (Å²) in [5.41, 5.74) is 2.25. The minimum absolute atomic E-state index is 0.0447. The number of nitrogens with zero attached hydrogens (tertiary/aromatic N) is 2. The van der Waals surface area contributed by atoms with Gasteiger partial charge in [0.2, 0.25) is 5.88 Å². The maximum Gasteiger partial charge on any atom is 0.261 e. The minimum Gasteiger partial charge on any atom is -0.494 e. The predicted octanol–water partition coefficient (Wildman–Crippen LogP) is 4.71. The van der Waals surface area contributed by atoms with Crippen molar-refractivity contribution >= 4 is 28.5 Å². The Labute approximate surface area is 173 Å². The molecular weight excluding hydrogens is 376 g/mol. The SMILES string of the molecule is CC(=O)c1cccc(N=Cc2c(O)n(Cc3ccccc3)c(=O)c3ccccc23)c1. The summed E-state index contributed by atoms with van der Waals surface area (Å²) in [5.74, 6) is -0.189. The van der Waals surface area contributed by atoms with Crippen molar-refractivity contribution in [3.63, 3.8) is 0 Å². The molecule has 0 saturated carbocycles. The second-order valence-electron chi connectivity index (χ2n) is 7.02. The molecule has 1 heterocycles. The van der Waals surface area contributed by atoms with Crippen LogP contribution in [0.1, 0.15) is 28.4 Å². The van der Waals surface area contributed by atoms with E-state index in [9.17, 15) is 14.7 Å². The van der Waals surface area contributed by atoms with E-state index in [0.717, 1.165) is 5.56 Å². The number of fused-ring (bicyclic) bond motifs is 1. The molecule has 0 aliphatic heterocycles. The molecule has 3 aromatic carbocycles. The van der Waals surface area contributed by atoms with Crippen LogP contribution in [0, 0.1) is 0 Å². The van der Waals surface area contributed by atoms with Gasteiger partial charge in [0, 0.05) is 22.6 Å². The van der Waals surface area contributed by atoms with Crippen molar-refractivity contribution in [2.24, 2.45) is 4.99 Å². The van der Waals surface area contributed by atoms with E-state index in [1.165, 1.54) is 17.7 Å². The smallest absolute Gasteiger partial charge is 0.261 e. The number of benzene rings is 3. The Hall–Kier alpha value is -3.99. The summed E-state index contributed by atoms with van der Waals surface area (Å²) in [6.07, 6.45) is 1.54. The first kappa shape index (κ1) is 19.3. The van der Waals surface area contributed by atoms with Gasteiger partial charge < -0.3 is 5.11 Å². The molecule has 0 unspecified atom stereocenters. The van der Waals surface area contributed by atoms with Gasteiger partial charge in [0.25, 0.3) is 5.56 Å². The molecule has 4 rings (SSSR count). The van der Waals surface area contributed by atoms with Crippen molar-refractivity contribution in [1.29, 1.82) is 0 Å². The largest absolute Gasteiger partial charge is 0.494 e. The fourth-order valence-corrected chi connectivity index (χ4v) is 3.40. The molecule has 0 saturated heterocycles. The van der Waals surface area contributed by atoms with Crippen LogP contribution in [-0.2, 0) is 6.54 Å². The van der Waals surface area contributed by atoms with Gasteiger partial charge in [0.1, 0.15) is 0 Å². The molecule has 0 atom stereocenters. The van der Waals surface area contributed by atoms with Gasteiger partial charge in [-0.1, -0.05) is 60.7 Å². The molecule has 1 aromatic heterocycles. The molecule has 5 heteroatoms. The van der Waals surface area contributed by atoms with Gasteiger partial charge in [-0.05, 0) is 30.7 Å². The number of carbonyl (C=O) groups excluding carboxylic acids is 1. The average molecular weight is 396 g/mol. The van der Waals surface area contributed by atoms with E-state index in [4.69, 9.17) is 0 Å². The molecular formula is C25H20N2O3. The van der Waals surface area contributed by atoms with Crippen LogP contribution in [0.15, 0.2) is 88.6 Å². The van der Waals surface area contributed by atoms with E-state index in [1.807, 2.05) is 36.4 Å². The topological polar surface area (TPSA) is 71.7 Å². The van der Waals surface area contributed by atoms with Crippen molar-refractivity contribution in [1.82, 2.24) is 4.57 Å². The zero-order valence-corrected chi connectivity index (χ0v) is 16.4. The number of hydrogen-bond acceptors (Lipinski definition) is 4. The molecule has 148 valence electrons. The van der Waals surface area contributed by atoms with Crippen LogP contribution >= 0.6 is 0 Å². The number of aromatic nitrogens is 1. The number of rotatable bonds is 5. The number of ketones is 1. The summed E-state index contributed by atoms with van der Waals surface area (Å²) < 4.78 is 1.35. The lowest BCUT2D eigenvalue weighted by molar-refractivity contribution is 0.101. The van der Waals surface area contributed by atoms with Crippen LogP contribution in [0.5, 0.6) is 5.88 Å². The Morgan fingerprint density at radius 2 is 1.67 bits per heavy atom. The monoisotopic (exact) mass is 396 g/mol. The molecule has 0 radical (unpaired) electrons. The quantitative estimate of drug-likeness (QED) is 0.392. The normalized spacial score (nSPS) is 11.2. The molecule has 5 nitrogen and oxygen atoms in total. The summed E-state index contributed by atoms with van der Waals surface area (Å²) in [7, 11) is 0. The molecule has 0 amide bonds. The first-order chi connectivity index (χ1) is 14.5. The zero-order valence-electron chi connectivity index (χ0n) is 16.4. The van der Waals surface area contributed by atoms with Crippen molar-refractivity contribution in [2.45, 2.75) is 13.5 Å². The predicted molar refractivity (Wildman–Crippen MR) is 119 cm³/mol. The van der Waals surface area contributed by atoms with Gasteiger partial charge in [-0.25, -0.2) is 0 Å². The molecule has 0 aliphatic carbocycles. The summed E-state index contributed by atoms with van der Waals surface area (Å²) in [5, 5.41) is 12.1. The van der Waals surface area contributed by atoms with Crippen LogP contribution in [0.25, 0.3) is 10.8 Å². The summed E-state index contributed by atoms with van der Waals surface area (Å²) >= 11 is 0. The van der Waals surface area contributed by atoms with E-state index in [1.54, 1.807) is 42.5 Å². The lowest BCUT2D eigenvalue weighted by Crippen LogP contribution is -2.22. The number of carbonyl (C=O) groups is 1. The standard InChI is InChI=1S/C25H20N2O3/c1-17(28)19-10-7-11-20(14-19)26-15-23-21-12-5-6-13-22(21)24(29)27(25(23)30)16-18-8-3-2-4-9-18/h2-15,30H,16H2,1H3. The number of aliphatic imine (C=N–C) groups is 1. The van der Waals surface area contributed by atoms with Crippen LogP contribution in [0.2, 0.25) is 0 Å². The minimum atomic E-state index is -0.261. The molecule has 1 N–H and O–H groups in total. The van der Waals surface area contributed by atoms with Crippen LogP contribution in [0.4, 0.5) is 5.69 Å². The van der Waals surface area contributed by atoms with Gasteiger partial charge in [0.05, 0.1) is 17.8 Å². The summed E-state index contributed by atoms with van der Waals surface area (Å²) in [6, 6.07) is 23.6. The van der Waals surface area contributed by atoms with E-state index in [0.29, 0.717) is 27.6 Å². The molecule has 0 bridgehead atoms. The van der Waals surface area contributed by atoms with Crippen molar-refractivity contribution < 1.29 is 9.90 Å². The van der Waals surface area contributed by atoms with Gasteiger partial charge >= 0.3 is 0 Å². The second kappa shape index (κ2) is 8.17. The third kappa shape index (κ3) is 3.78. The van der Waals surface area contributed by atoms with E-state index >= 15 is 0 Å². The maximum atomic E-state index is 13.0. The highest BCUT2D eigenvalue weighted by Gasteiger charge is 2.15. The lowest BCUT2D eigenvalue weighted by atomic mass is 10.1. The molecule has 4 aromatic rings. The Morgan fingerprint density at radius 3 is 2.40 bits per heavy atom. The van der Waals surface area contributed by atoms with E-state index < -0.39 is 0 Å². The van der Waals surface area contributed by atoms with Gasteiger partial charge in [-0.3, -0.25) is 19.1 Å². The third-order valence-corrected chi connectivity index (χ3v) is 4.97. The van der Waals surface area contributed by atoms with Gasteiger partial charge in [-0.2, -0.15) is 0 Å².